The second-order valence-corrected chi connectivity index (χ2v) is 8.60. The van der Waals surface area contributed by atoms with Crippen LogP contribution >= 0.6 is 0 Å². The predicted octanol–water partition coefficient (Wildman–Crippen LogP) is -0.466. The van der Waals surface area contributed by atoms with Crippen molar-refractivity contribution in [3.05, 3.63) is 6.07 Å². The first-order valence-electron chi connectivity index (χ1n) is 5.61. The Kier molecular flexibility index (Phi) is 5.01. The van der Waals surface area contributed by atoms with Gasteiger partial charge in [-0.2, -0.15) is 25.3 Å². The Balaban J connectivity index is 4.41. The molecule has 1 aromatic carbocycles. The molecule has 0 radical (unpaired) electrons. The fraction of sp³-hybridized carbons (Fsp3) is 0.333. The van der Waals surface area contributed by atoms with Gasteiger partial charge in [-0.25, -0.2) is 0 Å². The fourth-order valence-corrected chi connectivity index (χ4v) is 5.26. The van der Waals surface area contributed by atoms with Crippen molar-refractivity contribution in [2.75, 3.05) is 31.4 Å². The van der Waals surface area contributed by atoms with E-state index in [0.29, 0.717) is 6.07 Å². The lowest BCUT2D eigenvalue weighted by atomic mass is 10.2. The van der Waals surface area contributed by atoms with Gasteiger partial charge in [0.1, 0.15) is 14.7 Å². The molecule has 23 heavy (non-hydrogen) atoms. The van der Waals surface area contributed by atoms with Crippen LogP contribution in [0.4, 0.5) is 11.4 Å². The van der Waals surface area contributed by atoms with Crippen LogP contribution in [0.2, 0.25) is 0 Å². The normalized spacial score (nSPS) is 13.0. The van der Waals surface area contributed by atoms with Crippen molar-refractivity contribution >= 4 is 41.7 Å². The van der Waals surface area contributed by atoms with Crippen LogP contribution in [0.1, 0.15) is 0 Å². The largest absolute Gasteiger partial charge is 0.385 e. The first kappa shape index (κ1) is 19.6. The summed E-state index contributed by atoms with van der Waals surface area (Å²) in [6.07, 6.45) is 0. The minimum atomic E-state index is -5.44. The van der Waals surface area contributed by atoms with Gasteiger partial charge in [0.25, 0.3) is 30.4 Å². The Morgan fingerprint density at radius 3 is 1.57 bits per heavy atom. The van der Waals surface area contributed by atoms with Crippen molar-refractivity contribution in [1.29, 1.82) is 0 Å². The summed E-state index contributed by atoms with van der Waals surface area (Å²) < 4.78 is 96.6. The molecule has 0 spiro atoms. The van der Waals surface area contributed by atoms with Crippen LogP contribution in [0.15, 0.2) is 20.8 Å². The van der Waals surface area contributed by atoms with Gasteiger partial charge in [-0.3, -0.25) is 13.7 Å². The molecule has 0 heterocycles. The lowest BCUT2D eigenvalue weighted by Gasteiger charge is -2.22. The van der Waals surface area contributed by atoms with Crippen LogP contribution < -0.4 is 10.2 Å². The summed E-state index contributed by atoms with van der Waals surface area (Å²) in [6.45, 7) is 0. The molecule has 0 aromatic heterocycles. The van der Waals surface area contributed by atoms with E-state index in [1.165, 1.54) is 26.0 Å². The summed E-state index contributed by atoms with van der Waals surface area (Å²) in [7, 11) is -12.1. The standard InChI is InChI=1S/C9H14N2O9S3/c1-10-7-5(11(2)3)4-6(21(12,13)14)8(22(15,16)17)9(7)23(18,19)20/h4,10H,1-3H3,(H,12,13,14)(H,15,16,17)(H,18,19,20). The molecular formula is C9H14N2O9S3. The minimum Gasteiger partial charge on any atom is -0.385 e. The van der Waals surface area contributed by atoms with Crippen molar-refractivity contribution < 1.29 is 38.9 Å². The van der Waals surface area contributed by atoms with Crippen molar-refractivity contribution in [2.24, 2.45) is 0 Å². The van der Waals surface area contributed by atoms with E-state index in [1.54, 1.807) is 0 Å². The molecule has 0 aliphatic carbocycles. The Morgan fingerprint density at radius 2 is 1.30 bits per heavy atom. The Bertz CT molecular complexity index is 946. The molecule has 0 atom stereocenters. The van der Waals surface area contributed by atoms with E-state index >= 15 is 0 Å². The number of anilines is 2. The van der Waals surface area contributed by atoms with Crippen molar-refractivity contribution in [3.8, 4) is 0 Å². The van der Waals surface area contributed by atoms with Gasteiger partial charge in [0.05, 0.1) is 11.4 Å². The van der Waals surface area contributed by atoms with E-state index in [1.807, 2.05) is 0 Å². The quantitative estimate of drug-likeness (QED) is 0.478. The van der Waals surface area contributed by atoms with Gasteiger partial charge in [-0.15, -0.1) is 0 Å². The van der Waals surface area contributed by atoms with Gasteiger partial charge >= 0.3 is 0 Å². The van der Waals surface area contributed by atoms with Gasteiger partial charge < -0.3 is 10.2 Å². The lowest BCUT2D eigenvalue weighted by Crippen LogP contribution is -2.20. The summed E-state index contributed by atoms with van der Waals surface area (Å²) in [5.74, 6) is 0. The van der Waals surface area contributed by atoms with Gasteiger partial charge in [0, 0.05) is 21.1 Å². The highest BCUT2D eigenvalue weighted by atomic mass is 32.2. The highest BCUT2D eigenvalue weighted by molar-refractivity contribution is 7.90. The molecule has 1 rings (SSSR count). The Morgan fingerprint density at radius 1 is 0.870 bits per heavy atom. The van der Waals surface area contributed by atoms with Crippen molar-refractivity contribution in [1.82, 2.24) is 0 Å². The number of rotatable bonds is 5. The molecule has 0 fully saturated rings. The molecule has 14 heteroatoms. The Labute approximate surface area is 133 Å². The molecule has 0 saturated heterocycles. The topological polar surface area (TPSA) is 178 Å². The van der Waals surface area contributed by atoms with Crippen LogP contribution in [-0.4, -0.2) is 60.1 Å². The summed E-state index contributed by atoms with van der Waals surface area (Å²) in [4.78, 5) is -3.25. The molecule has 0 bridgehead atoms. The maximum absolute atomic E-state index is 11.6. The molecule has 4 N–H and O–H groups in total. The SMILES string of the molecule is CNc1c(N(C)C)cc(S(=O)(=O)O)c(S(=O)(=O)O)c1S(=O)(=O)O. The van der Waals surface area contributed by atoms with Gasteiger partial charge in [0.2, 0.25) is 0 Å². The van der Waals surface area contributed by atoms with Crippen molar-refractivity contribution in [3.63, 3.8) is 0 Å². The summed E-state index contributed by atoms with van der Waals surface area (Å²) in [5, 5.41) is 2.31. The van der Waals surface area contributed by atoms with E-state index in [4.69, 9.17) is 0 Å². The van der Waals surface area contributed by atoms with Crippen LogP contribution in [0.5, 0.6) is 0 Å². The maximum Gasteiger partial charge on any atom is 0.298 e. The van der Waals surface area contributed by atoms with Crippen LogP contribution in [0.25, 0.3) is 0 Å². The highest BCUT2D eigenvalue weighted by Crippen LogP contribution is 2.40. The third kappa shape index (κ3) is 3.91. The van der Waals surface area contributed by atoms with E-state index in [0.717, 1.165) is 0 Å². The second kappa shape index (κ2) is 5.88. The third-order valence-electron chi connectivity index (χ3n) is 2.71. The average Bonchev–Trinajstić information content (AvgIpc) is 2.32. The molecule has 0 saturated carbocycles. The summed E-state index contributed by atoms with van der Waals surface area (Å²) >= 11 is 0. The molecule has 1 aromatic rings. The first-order chi connectivity index (χ1) is 10.1. The minimum absolute atomic E-state index is 0.180. The smallest absolute Gasteiger partial charge is 0.298 e. The maximum atomic E-state index is 11.6. The Hall–Kier alpha value is -1.45. The molecule has 11 nitrogen and oxygen atoms in total. The zero-order chi connectivity index (χ0) is 18.4. The molecular weight excluding hydrogens is 376 g/mol. The molecule has 132 valence electrons. The van der Waals surface area contributed by atoms with Crippen LogP contribution in [0, 0.1) is 0 Å². The lowest BCUT2D eigenvalue weighted by molar-refractivity contribution is 0.456. The van der Waals surface area contributed by atoms with Crippen LogP contribution in [-0.2, 0) is 30.4 Å². The number of nitrogens with one attached hydrogen (secondary N) is 1. The van der Waals surface area contributed by atoms with E-state index in [-0.39, 0.29) is 5.69 Å². The van der Waals surface area contributed by atoms with E-state index in [9.17, 15) is 38.9 Å². The van der Waals surface area contributed by atoms with Gasteiger partial charge in [0.15, 0.2) is 0 Å². The zero-order valence-corrected chi connectivity index (χ0v) is 14.5. The predicted molar refractivity (Wildman–Crippen MR) is 79.8 cm³/mol. The van der Waals surface area contributed by atoms with Crippen molar-refractivity contribution in [2.45, 2.75) is 14.7 Å². The van der Waals surface area contributed by atoms with E-state index < -0.39 is 50.7 Å². The average molecular weight is 390 g/mol. The van der Waals surface area contributed by atoms with Gasteiger partial charge in [-0.1, -0.05) is 0 Å². The van der Waals surface area contributed by atoms with Crippen LogP contribution in [0.3, 0.4) is 0 Å². The number of nitrogens with zero attached hydrogens (tertiary/aromatic N) is 1. The third-order valence-corrected chi connectivity index (χ3v) is 5.71. The number of benzene rings is 1. The first-order valence-corrected chi connectivity index (χ1v) is 9.93. The highest BCUT2D eigenvalue weighted by Gasteiger charge is 2.36. The fourth-order valence-electron chi connectivity index (χ4n) is 1.88. The molecule has 0 aliphatic heterocycles. The molecule has 0 aliphatic rings. The number of hydrogen-bond donors (Lipinski definition) is 4. The second-order valence-electron chi connectivity index (χ2n) is 4.50. The van der Waals surface area contributed by atoms with Gasteiger partial charge in [-0.05, 0) is 6.07 Å². The van der Waals surface area contributed by atoms with E-state index in [2.05, 4.69) is 5.32 Å². The number of hydrogen-bond acceptors (Lipinski definition) is 8. The molecule has 0 unspecified atom stereocenters. The molecule has 0 amide bonds. The summed E-state index contributed by atoms with van der Waals surface area (Å²) in [5.41, 5.74) is -0.669. The monoisotopic (exact) mass is 390 g/mol. The summed E-state index contributed by atoms with van der Waals surface area (Å²) in [6, 6.07) is 0.638. The zero-order valence-electron chi connectivity index (χ0n) is 12.0.